The van der Waals surface area contributed by atoms with E-state index in [4.69, 9.17) is 4.74 Å². The fraction of sp³-hybridized carbons (Fsp3) is 0.471. The first kappa shape index (κ1) is 17.7. The third-order valence-electron chi connectivity index (χ3n) is 3.79. The Morgan fingerprint density at radius 2 is 2.26 bits per heavy atom. The van der Waals surface area contributed by atoms with Crippen LogP contribution in [0.4, 0.5) is 0 Å². The first-order chi connectivity index (χ1) is 11.1. The van der Waals surface area contributed by atoms with Crippen molar-refractivity contribution in [1.29, 1.82) is 0 Å². The monoisotopic (exact) mass is 334 g/mol. The number of pyridine rings is 1. The predicted molar refractivity (Wildman–Crippen MR) is 90.8 cm³/mol. The highest BCUT2D eigenvalue weighted by molar-refractivity contribution is 8.14. The highest BCUT2D eigenvalue weighted by Gasteiger charge is 2.31. The third-order valence-corrected chi connectivity index (χ3v) is 4.65. The van der Waals surface area contributed by atoms with Gasteiger partial charge >= 0.3 is 5.97 Å². The zero-order chi connectivity index (χ0) is 16.7. The van der Waals surface area contributed by atoms with Crippen LogP contribution < -0.4 is 5.32 Å². The van der Waals surface area contributed by atoms with E-state index >= 15 is 0 Å². The van der Waals surface area contributed by atoms with Crippen LogP contribution in [0.15, 0.2) is 37.2 Å². The summed E-state index contributed by atoms with van der Waals surface area (Å²) in [5.41, 5.74) is 0.647. The number of esters is 1. The van der Waals surface area contributed by atoms with E-state index in [1.165, 1.54) is 18.6 Å². The van der Waals surface area contributed by atoms with Gasteiger partial charge in [0.05, 0.1) is 5.92 Å². The molecule has 2 rings (SSSR count). The number of aromatic nitrogens is 1. The summed E-state index contributed by atoms with van der Waals surface area (Å²) in [5.74, 6) is -0.421. The van der Waals surface area contributed by atoms with Crippen LogP contribution in [-0.4, -0.2) is 34.1 Å². The van der Waals surface area contributed by atoms with Gasteiger partial charge < -0.3 is 10.1 Å². The second-order valence-electron chi connectivity index (χ2n) is 5.58. The molecule has 0 spiro atoms. The van der Waals surface area contributed by atoms with Gasteiger partial charge in [-0.2, -0.15) is 0 Å². The third kappa shape index (κ3) is 5.80. The highest BCUT2D eigenvalue weighted by Crippen LogP contribution is 2.22. The van der Waals surface area contributed by atoms with Crippen LogP contribution in [0.1, 0.15) is 25.3 Å². The molecule has 1 unspecified atom stereocenters. The van der Waals surface area contributed by atoms with Crippen molar-refractivity contribution < 1.29 is 14.3 Å². The molecule has 0 aliphatic carbocycles. The van der Waals surface area contributed by atoms with Crippen molar-refractivity contribution >= 4 is 22.8 Å². The van der Waals surface area contributed by atoms with Crippen LogP contribution in [0.5, 0.6) is 0 Å². The van der Waals surface area contributed by atoms with Gasteiger partial charge in [0.25, 0.3) is 0 Å². The van der Waals surface area contributed by atoms with Crippen LogP contribution >= 0.6 is 11.8 Å². The minimum absolute atomic E-state index is 0.0949. The Morgan fingerprint density at radius 3 is 2.91 bits per heavy atom. The largest absolute Gasteiger partial charge is 0.446 e. The molecule has 0 bridgehead atoms. The lowest BCUT2D eigenvalue weighted by Gasteiger charge is -2.15. The molecule has 2 heterocycles. The van der Waals surface area contributed by atoms with E-state index in [9.17, 15) is 9.59 Å². The number of nitrogens with one attached hydrogen (secondary N) is 1. The molecule has 0 saturated carbocycles. The SMILES string of the molecule is C=CC(OC(=O)[C@@H]1CN[C@H](CCc2ccncc2)C1)SC(C)=O. The molecule has 1 N–H and O–H groups in total. The molecule has 1 aromatic rings. The molecule has 1 fully saturated rings. The summed E-state index contributed by atoms with van der Waals surface area (Å²) in [4.78, 5) is 27.3. The van der Waals surface area contributed by atoms with E-state index in [2.05, 4.69) is 16.9 Å². The second-order valence-corrected chi connectivity index (χ2v) is 6.86. The summed E-state index contributed by atoms with van der Waals surface area (Å²) < 4.78 is 5.34. The van der Waals surface area contributed by atoms with Gasteiger partial charge in [0.15, 0.2) is 10.6 Å². The molecule has 1 aliphatic rings. The summed E-state index contributed by atoms with van der Waals surface area (Å²) in [6.07, 6.45) is 7.75. The molecule has 1 aliphatic heterocycles. The number of rotatable bonds is 7. The van der Waals surface area contributed by atoms with Gasteiger partial charge in [-0.25, -0.2) is 0 Å². The van der Waals surface area contributed by atoms with Crippen molar-refractivity contribution in [3.8, 4) is 0 Å². The molecule has 0 aromatic carbocycles. The minimum atomic E-state index is -0.601. The summed E-state index contributed by atoms with van der Waals surface area (Å²) in [7, 11) is 0. The number of aryl methyl sites for hydroxylation is 1. The number of hydrogen-bond acceptors (Lipinski definition) is 6. The summed E-state index contributed by atoms with van der Waals surface area (Å²) in [5, 5.41) is 3.28. The van der Waals surface area contributed by atoms with E-state index < -0.39 is 5.44 Å². The Balaban J connectivity index is 1.76. The molecule has 0 amide bonds. The molecule has 1 aromatic heterocycles. The number of hydrogen-bond donors (Lipinski definition) is 1. The van der Waals surface area contributed by atoms with Gasteiger partial charge in [0.1, 0.15) is 0 Å². The van der Waals surface area contributed by atoms with E-state index in [0.717, 1.165) is 31.0 Å². The number of carbonyl (C=O) groups is 2. The Hall–Kier alpha value is -1.66. The Morgan fingerprint density at radius 1 is 1.52 bits per heavy atom. The van der Waals surface area contributed by atoms with Crippen molar-refractivity contribution in [3.05, 3.63) is 42.7 Å². The molecular weight excluding hydrogens is 312 g/mol. The molecule has 1 saturated heterocycles. The molecule has 124 valence electrons. The van der Waals surface area contributed by atoms with Crippen molar-refractivity contribution in [2.24, 2.45) is 5.92 Å². The van der Waals surface area contributed by atoms with Crippen LogP contribution in [0.25, 0.3) is 0 Å². The van der Waals surface area contributed by atoms with Crippen molar-refractivity contribution in [2.75, 3.05) is 6.54 Å². The maximum absolute atomic E-state index is 12.2. The first-order valence-corrected chi connectivity index (χ1v) is 8.59. The number of ether oxygens (including phenoxy) is 1. The van der Waals surface area contributed by atoms with Crippen molar-refractivity contribution in [1.82, 2.24) is 10.3 Å². The van der Waals surface area contributed by atoms with Gasteiger partial charge in [-0.15, -0.1) is 0 Å². The average molecular weight is 334 g/mol. The molecule has 0 radical (unpaired) electrons. The van der Waals surface area contributed by atoms with Crippen LogP contribution in [0.2, 0.25) is 0 Å². The van der Waals surface area contributed by atoms with E-state index in [-0.39, 0.29) is 17.0 Å². The Labute approximate surface area is 140 Å². The molecular formula is C17H22N2O3S. The molecule has 3 atom stereocenters. The van der Waals surface area contributed by atoms with Gasteiger partial charge in [0, 0.05) is 31.9 Å². The minimum Gasteiger partial charge on any atom is -0.446 e. The summed E-state index contributed by atoms with van der Waals surface area (Å²) in [6, 6.07) is 4.33. The fourth-order valence-corrected chi connectivity index (χ4v) is 3.17. The standard InChI is InChI=1S/C17H22N2O3S/c1-3-16(23-12(2)20)22-17(21)14-10-15(19-11-14)5-4-13-6-8-18-9-7-13/h3,6-9,14-16,19H,1,4-5,10-11H2,2H3/t14-,15+,16?/m0/s1. The summed E-state index contributed by atoms with van der Waals surface area (Å²) >= 11 is 0.969. The lowest BCUT2D eigenvalue weighted by Crippen LogP contribution is -2.24. The quantitative estimate of drug-likeness (QED) is 0.469. The van der Waals surface area contributed by atoms with Gasteiger partial charge in [-0.05, 0) is 54.8 Å². The second kappa shape index (κ2) is 8.84. The number of thioether (sulfide) groups is 1. The molecule has 5 nitrogen and oxygen atoms in total. The smallest absolute Gasteiger partial charge is 0.311 e. The lowest BCUT2D eigenvalue weighted by atomic mass is 10.0. The van der Waals surface area contributed by atoms with Crippen molar-refractivity contribution in [2.45, 2.75) is 37.7 Å². The predicted octanol–water partition coefficient (Wildman–Crippen LogP) is 2.33. The lowest BCUT2D eigenvalue weighted by molar-refractivity contribution is -0.147. The number of nitrogens with zero attached hydrogens (tertiary/aromatic N) is 1. The van der Waals surface area contributed by atoms with Crippen LogP contribution in [0.3, 0.4) is 0 Å². The van der Waals surface area contributed by atoms with E-state index in [0.29, 0.717) is 12.6 Å². The van der Waals surface area contributed by atoms with Gasteiger partial charge in [0.2, 0.25) is 0 Å². The average Bonchev–Trinajstić information content (AvgIpc) is 3.02. The highest BCUT2D eigenvalue weighted by atomic mass is 32.2. The van der Waals surface area contributed by atoms with Crippen LogP contribution in [0, 0.1) is 5.92 Å². The zero-order valence-electron chi connectivity index (χ0n) is 13.2. The van der Waals surface area contributed by atoms with Crippen LogP contribution in [-0.2, 0) is 20.7 Å². The normalized spacial score (nSPS) is 21.6. The van der Waals surface area contributed by atoms with Gasteiger partial charge in [-0.3, -0.25) is 14.6 Å². The Kier molecular flexibility index (Phi) is 6.80. The maximum Gasteiger partial charge on any atom is 0.311 e. The Bertz CT molecular complexity index is 550. The van der Waals surface area contributed by atoms with Gasteiger partial charge in [-0.1, -0.05) is 6.58 Å². The summed E-state index contributed by atoms with van der Waals surface area (Å²) in [6.45, 7) is 5.67. The van der Waals surface area contributed by atoms with E-state index in [1.54, 1.807) is 12.4 Å². The van der Waals surface area contributed by atoms with Crippen molar-refractivity contribution in [3.63, 3.8) is 0 Å². The zero-order valence-corrected chi connectivity index (χ0v) is 14.1. The first-order valence-electron chi connectivity index (χ1n) is 7.71. The topological polar surface area (TPSA) is 68.3 Å². The fourth-order valence-electron chi connectivity index (χ4n) is 2.60. The molecule has 23 heavy (non-hydrogen) atoms. The number of carbonyl (C=O) groups excluding carboxylic acids is 2. The van der Waals surface area contributed by atoms with E-state index in [1.807, 2.05) is 12.1 Å². The maximum atomic E-state index is 12.2. The molecule has 6 heteroatoms.